The predicted octanol–water partition coefficient (Wildman–Crippen LogP) is 3.29. The lowest BCUT2D eigenvalue weighted by Gasteiger charge is -2.36. The number of carbonyl (C=O) groups excluding carboxylic acids is 1. The van der Waals surface area contributed by atoms with Gasteiger partial charge in [-0.25, -0.2) is 4.39 Å². The number of ketones is 1. The van der Waals surface area contributed by atoms with Crippen LogP contribution in [0.25, 0.3) is 0 Å². The van der Waals surface area contributed by atoms with Crippen LogP contribution in [0.4, 0.5) is 10.1 Å². The van der Waals surface area contributed by atoms with Crippen molar-refractivity contribution in [1.29, 1.82) is 0 Å². The van der Waals surface area contributed by atoms with E-state index in [-0.39, 0.29) is 17.9 Å². The van der Waals surface area contributed by atoms with Gasteiger partial charge in [-0.3, -0.25) is 4.79 Å². The number of anilines is 1. The molecule has 2 atom stereocenters. The van der Waals surface area contributed by atoms with Gasteiger partial charge in [0.1, 0.15) is 11.6 Å². The van der Waals surface area contributed by atoms with Crippen LogP contribution >= 0.6 is 15.9 Å². The highest BCUT2D eigenvalue weighted by Crippen LogP contribution is 2.39. The van der Waals surface area contributed by atoms with Crippen molar-refractivity contribution in [1.82, 2.24) is 0 Å². The highest BCUT2D eigenvalue weighted by atomic mass is 79.9. The first-order valence-electron chi connectivity index (χ1n) is 5.90. The summed E-state index contributed by atoms with van der Waals surface area (Å²) in [6.07, 6.45) is 3.15. The van der Waals surface area contributed by atoms with Crippen molar-refractivity contribution < 1.29 is 9.18 Å². The minimum absolute atomic E-state index is 0.195. The fraction of sp³-hybridized carbons (Fsp3) is 0.462. The second-order valence-corrected chi connectivity index (χ2v) is 5.75. The number of hydrogen-bond donors (Lipinski definition) is 0. The lowest BCUT2D eigenvalue weighted by atomic mass is 10.0. The third kappa shape index (κ3) is 1.88. The van der Waals surface area contributed by atoms with Crippen LogP contribution in [0, 0.1) is 5.82 Å². The van der Waals surface area contributed by atoms with Crippen molar-refractivity contribution in [3.05, 3.63) is 28.5 Å². The Morgan fingerprint density at radius 2 is 1.88 bits per heavy atom. The van der Waals surface area contributed by atoms with E-state index in [0.717, 1.165) is 17.3 Å². The van der Waals surface area contributed by atoms with E-state index in [1.165, 1.54) is 6.07 Å². The highest BCUT2D eigenvalue weighted by Gasteiger charge is 2.41. The first-order valence-corrected chi connectivity index (χ1v) is 6.69. The summed E-state index contributed by atoms with van der Waals surface area (Å²) in [6.45, 7) is 0. The molecule has 2 fully saturated rings. The number of hydrogen-bond acceptors (Lipinski definition) is 2. The van der Waals surface area contributed by atoms with Crippen molar-refractivity contribution in [2.45, 2.75) is 37.8 Å². The Morgan fingerprint density at radius 3 is 2.53 bits per heavy atom. The van der Waals surface area contributed by atoms with Crippen molar-refractivity contribution in [3.8, 4) is 0 Å². The van der Waals surface area contributed by atoms with Gasteiger partial charge in [0.25, 0.3) is 0 Å². The van der Waals surface area contributed by atoms with Crippen LogP contribution in [0.1, 0.15) is 25.7 Å². The zero-order valence-electron chi connectivity index (χ0n) is 9.33. The smallest absolute Gasteiger partial charge is 0.146 e. The summed E-state index contributed by atoms with van der Waals surface area (Å²) in [7, 11) is 0. The fourth-order valence-corrected chi connectivity index (χ4v) is 3.40. The zero-order valence-corrected chi connectivity index (χ0v) is 10.9. The van der Waals surface area contributed by atoms with E-state index >= 15 is 0 Å². The molecule has 2 aliphatic rings. The molecule has 2 saturated heterocycles. The van der Waals surface area contributed by atoms with E-state index in [9.17, 15) is 9.18 Å². The Bertz CT molecular complexity index is 460. The second kappa shape index (κ2) is 4.09. The molecule has 0 N–H and O–H groups in total. The summed E-state index contributed by atoms with van der Waals surface area (Å²) in [4.78, 5) is 13.6. The van der Waals surface area contributed by atoms with Crippen molar-refractivity contribution in [2.75, 3.05) is 4.90 Å². The molecule has 0 aromatic heterocycles. The molecule has 0 amide bonds. The van der Waals surface area contributed by atoms with Crippen molar-refractivity contribution in [2.24, 2.45) is 0 Å². The quantitative estimate of drug-likeness (QED) is 0.793. The van der Waals surface area contributed by atoms with Crippen LogP contribution in [0.5, 0.6) is 0 Å². The molecule has 0 aliphatic carbocycles. The van der Waals surface area contributed by atoms with Gasteiger partial charge in [-0.1, -0.05) is 15.9 Å². The fourth-order valence-electron chi connectivity index (χ4n) is 3.05. The molecule has 2 bridgehead atoms. The van der Waals surface area contributed by atoms with Gasteiger partial charge in [0.15, 0.2) is 0 Å². The van der Waals surface area contributed by atoms with Crippen LogP contribution in [-0.2, 0) is 4.79 Å². The molecule has 4 heteroatoms. The summed E-state index contributed by atoms with van der Waals surface area (Å²) < 4.78 is 14.8. The zero-order chi connectivity index (χ0) is 12.0. The summed E-state index contributed by atoms with van der Waals surface area (Å²) in [5, 5.41) is 0. The van der Waals surface area contributed by atoms with E-state index in [0.29, 0.717) is 24.3 Å². The topological polar surface area (TPSA) is 20.3 Å². The van der Waals surface area contributed by atoms with Crippen LogP contribution in [0.3, 0.4) is 0 Å². The van der Waals surface area contributed by atoms with Crippen LogP contribution in [0.2, 0.25) is 0 Å². The van der Waals surface area contributed by atoms with E-state index in [4.69, 9.17) is 0 Å². The van der Waals surface area contributed by atoms with Crippen LogP contribution < -0.4 is 4.90 Å². The third-order valence-corrected chi connectivity index (χ3v) is 4.23. The first kappa shape index (κ1) is 11.2. The maximum absolute atomic E-state index is 13.9. The van der Waals surface area contributed by atoms with Gasteiger partial charge < -0.3 is 4.90 Å². The molecule has 1 aromatic carbocycles. The first-order chi connectivity index (χ1) is 8.15. The van der Waals surface area contributed by atoms with Crippen LogP contribution in [-0.4, -0.2) is 17.9 Å². The minimum atomic E-state index is -0.195. The van der Waals surface area contributed by atoms with E-state index in [1.807, 2.05) is 6.07 Å². The summed E-state index contributed by atoms with van der Waals surface area (Å²) in [5.41, 5.74) is 0.638. The summed E-state index contributed by atoms with van der Waals surface area (Å²) >= 11 is 3.37. The van der Waals surface area contributed by atoms with Gasteiger partial charge in [0.05, 0.1) is 5.69 Å². The molecule has 2 unspecified atom stereocenters. The number of Topliss-reactive ketones (excluding diaryl/α,β-unsaturated/α-hetero) is 1. The average molecular weight is 298 g/mol. The molecule has 0 spiro atoms. The lowest BCUT2D eigenvalue weighted by molar-refractivity contribution is -0.120. The molecule has 0 saturated carbocycles. The standard InChI is InChI=1S/C13H13BrFNO/c14-8-1-4-12(15)13(5-8)16-9-2-3-10(16)7-11(17)6-9/h1,4-5,9-10H,2-3,6-7H2. The minimum Gasteiger partial charge on any atom is -0.362 e. The molecule has 2 aliphatic heterocycles. The Hall–Kier alpha value is -0.900. The molecular weight excluding hydrogens is 285 g/mol. The van der Waals surface area contributed by atoms with E-state index in [2.05, 4.69) is 20.8 Å². The third-order valence-electron chi connectivity index (χ3n) is 3.73. The Labute approximate surface area is 108 Å². The van der Waals surface area contributed by atoms with E-state index < -0.39 is 0 Å². The number of nitrogens with zero attached hydrogens (tertiary/aromatic N) is 1. The van der Waals surface area contributed by atoms with Gasteiger partial charge in [-0.15, -0.1) is 0 Å². The molecule has 90 valence electrons. The van der Waals surface area contributed by atoms with Gasteiger partial charge in [0.2, 0.25) is 0 Å². The monoisotopic (exact) mass is 297 g/mol. The molecule has 17 heavy (non-hydrogen) atoms. The number of rotatable bonds is 1. The number of carbonyl (C=O) groups is 1. The molecule has 0 radical (unpaired) electrons. The molecule has 2 nitrogen and oxygen atoms in total. The number of halogens is 2. The van der Waals surface area contributed by atoms with Crippen LogP contribution in [0.15, 0.2) is 22.7 Å². The number of fused-ring (bicyclic) bond motifs is 2. The van der Waals surface area contributed by atoms with Gasteiger partial charge in [-0.2, -0.15) is 0 Å². The van der Waals surface area contributed by atoms with Gasteiger partial charge in [-0.05, 0) is 31.0 Å². The van der Waals surface area contributed by atoms with Gasteiger partial charge >= 0.3 is 0 Å². The Balaban J connectivity index is 1.99. The summed E-state index contributed by atoms with van der Waals surface area (Å²) in [5.74, 6) is 0.128. The highest BCUT2D eigenvalue weighted by molar-refractivity contribution is 9.10. The molecule has 3 rings (SSSR count). The molecule has 2 heterocycles. The van der Waals surface area contributed by atoms with Crippen molar-refractivity contribution >= 4 is 27.4 Å². The number of benzene rings is 1. The normalized spacial score (nSPS) is 27.6. The molecular formula is C13H13BrFNO. The summed E-state index contributed by atoms with van der Waals surface area (Å²) in [6, 6.07) is 5.40. The Kier molecular flexibility index (Phi) is 2.69. The van der Waals surface area contributed by atoms with E-state index in [1.54, 1.807) is 6.07 Å². The predicted molar refractivity (Wildman–Crippen MR) is 67.6 cm³/mol. The molecule has 1 aromatic rings. The largest absolute Gasteiger partial charge is 0.362 e. The lowest BCUT2D eigenvalue weighted by Crippen LogP contribution is -2.43. The number of piperidine rings is 1. The van der Waals surface area contributed by atoms with Crippen molar-refractivity contribution in [3.63, 3.8) is 0 Å². The second-order valence-electron chi connectivity index (χ2n) is 4.83. The average Bonchev–Trinajstić information content (AvgIpc) is 2.54. The maximum Gasteiger partial charge on any atom is 0.146 e. The SMILES string of the molecule is O=C1CC2CCC(C1)N2c1cc(Br)ccc1F. The van der Waals surface area contributed by atoms with Gasteiger partial charge in [0, 0.05) is 29.4 Å². The Morgan fingerprint density at radius 1 is 1.24 bits per heavy atom. The maximum atomic E-state index is 13.9.